The van der Waals surface area contributed by atoms with E-state index >= 15 is 0 Å². The Bertz CT molecular complexity index is 4330. The van der Waals surface area contributed by atoms with Crippen LogP contribution in [-0.2, 0) is 10.8 Å². The maximum atomic E-state index is 2.57. The quantitative estimate of drug-likeness (QED) is 0.120. The molecule has 0 fully saturated rings. The Balaban J connectivity index is 1.07. The van der Waals surface area contributed by atoms with Gasteiger partial charge in [-0.2, -0.15) is 0 Å². The first-order valence-corrected chi connectivity index (χ1v) is 30.8. The van der Waals surface area contributed by atoms with Gasteiger partial charge in [0.05, 0.1) is 5.69 Å². The number of hydrogen-bond acceptors (Lipinski definition) is 5. The standard InChI is InChI=1S/C82H68BN5/c1-81(2,3)61-37-43-67(44-38-61)87-76-53-71(84(63-27-11-7-12-28-63)64-29-13-8-14-30-64)47-49-74(76)83-75-50-48-72(85(65-31-15-9-16-32-65)66-33-17-10-18-34-66)54-77(75)88(68-45-39-62(40-46-68)82(4,5)6)79-56-73(55-78(87)80(79)83)86(69-41-35-57-23-19-21-25-59(57)51-69)70-42-36-58-24-20-22-26-60(58)52-70/h7-56H,1-6H3. The molecule has 2 heterocycles. The third-order valence-electron chi connectivity index (χ3n) is 17.8. The summed E-state index contributed by atoms with van der Waals surface area (Å²) < 4.78 is 0. The van der Waals surface area contributed by atoms with E-state index in [1.54, 1.807) is 0 Å². The van der Waals surface area contributed by atoms with Gasteiger partial charge in [0, 0.05) is 79.6 Å². The smallest absolute Gasteiger partial charge is 0.252 e. The lowest BCUT2D eigenvalue weighted by molar-refractivity contribution is 0.590. The molecule has 0 saturated carbocycles. The molecule has 0 amide bonds. The molecule has 0 radical (unpaired) electrons. The lowest BCUT2D eigenvalue weighted by Crippen LogP contribution is -2.61. The van der Waals surface area contributed by atoms with Gasteiger partial charge in [-0.25, -0.2) is 0 Å². The summed E-state index contributed by atoms with van der Waals surface area (Å²) in [6.45, 7) is 13.6. The highest BCUT2D eigenvalue weighted by Crippen LogP contribution is 2.51. The molecule has 0 saturated heterocycles. The summed E-state index contributed by atoms with van der Waals surface area (Å²) >= 11 is 0. The molecule has 88 heavy (non-hydrogen) atoms. The Labute approximate surface area is 518 Å². The van der Waals surface area contributed by atoms with Crippen molar-refractivity contribution >= 4 is 130 Å². The van der Waals surface area contributed by atoms with Crippen LogP contribution in [-0.4, -0.2) is 6.71 Å². The van der Waals surface area contributed by atoms with Crippen molar-refractivity contribution in [3.63, 3.8) is 0 Å². The second kappa shape index (κ2) is 21.7. The lowest BCUT2D eigenvalue weighted by atomic mass is 9.33. The number of nitrogens with zero attached hydrogens (tertiary/aromatic N) is 5. The maximum Gasteiger partial charge on any atom is 0.252 e. The highest BCUT2D eigenvalue weighted by molar-refractivity contribution is 7.00. The van der Waals surface area contributed by atoms with Crippen molar-refractivity contribution in [2.45, 2.75) is 52.4 Å². The van der Waals surface area contributed by atoms with E-state index in [0.717, 1.165) is 85.3 Å². The molecule has 0 spiro atoms. The summed E-state index contributed by atoms with van der Waals surface area (Å²) in [4.78, 5) is 12.4. The number of fused-ring (bicyclic) bond motifs is 6. The van der Waals surface area contributed by atoms with Crippen LogP contribution in [0.3, 0.4) is 0 Å². The molecule has 0 atom stereocenters. The molecule has 0 aliphatic carbocycles. The number of benzene rings is 13. The predicted molar refractivity (Wildman–Crippen MR) is 377 cm³/mol. The predicted octanol–water partition coefficient (Wildman–Crippen LogP) is 21.1. The molecule has 0 unspecified atom stereocenters. The van der Waals surface area contributed by atoms with Crippen LogP contribution < -0.4 is 40.9 Å². The minimum absolute atomic E-state index is 0.0516. The van der Waals surface area contributed by atoms with Crippen molar-refractivity contribution in [2.24, 2.45) is 0 Å². The van der Waals surface area contributed by atoms with E-state index in [9.17, 15) is 0 Å². The van der Waals surface area contributed by atoms with E-state index < -0.39 is 0 Å². The zero-order valence-corrected chi connectivity index (χ0v) is 50.7. The van der Waals surface area contributed by atoms with Crippen LogP contribution in [0.1, 0.15) is 52.7 Å². The van der Waals surface area contributed by atoms with E-state index in [1.165, 1.54) is 49.1 Å². The van der Waals surface area contributed by atoms with E-state index in [-0.39, 0.29) is 17.5 Å². The molecule has 0 aromatic heterocycles. The molecular weight excluding hydrogens is 1070 g/mol. The second-order valence-electron chi connectivity index (χ2n) is 25.5. The molecule has 13 aromatic rings. The van der Waals surface area contributed by atoms with E-state index in [4.69, 9.17) is 0 Å². The summed E-state index contributed by atoms with van der Waals surface area (Å²) in [7, 11) is 0. The highest BCUT2D eigenvalue weighted by Gasteiger charge is 2.45. The number of hydrogen-bond donors (Lipinski definition) is 0. The normalized spacial score (nSPS) is 12.6. The fourth-order valence-electron chi connectivity index (χ4n) is 13.4. The summed E-state index contributed by atoms with van der Waals surface area (Å²) in [6.07, 6.45) is 0. The Morgan fingerprint density at radius 3 is 0.898 bits per heavy atom. The van der Waals surface area contributed by atoms with Gasteiger partial charge in [-0.15, -0.1) is 0 Å². The third kappa shape index (κ3) is 9.72. The minimum atomic E-state index is -0.180. The Hall–Kier alpha value is -10.6. The summed E-state index contributed by atoms with van der Waals surface area (Å²) in [5.74, 6) is 0. The zero-order chi connectivity index (χ0) is 59.7. The van der Waals surface area contributed by atoms with Gasteiger partial charge >= 0.3 is 0 Å². The van der Waals surface area contributed by atoms with Crippen LogP contribution in [0.25, 0.3) is 21.5 Å². The van der Waals surface area contributed by atoms with Crippen molar-refractivity contribution in [3.05, 3.63) is 314 Å². The Morgan fingerprint density at radius 1 is 0.250 bits per heavy atom. The first-order chi connectivity index (χ1) is 42.9. The molecule has 2 aliphatic heterocycles. The monoisotopic (exact) mass is 1130 g/mol. The topological polar surface area (TPSA) is 16.2 Å². The van der Waals surface area contributed by atoms with Gasteiger partial charge in [-0.05, 0) is 193 Å². The lowest BCUT2D eigenvalue weighted by Gasteiger charge is -2.45. The second-order valence-corrected chi connectivity index (χ2v) is 25.5. The van der Waals surface area contributed by atoms with Crippen LogP contribution in [0, 0.1) is 0 Å². The maximum absolute atomic E-state index is 2.57. The number of para-hydroxylation sites is 4. The molecule has 5 nitrogen and oxygen atoms in total. The van der Waals surface area contributed by atoms with Crippen LogP contribution >= 0.6 is 0 Å². The molecule has 15 rings (SSSR count). The van der Waals surface area contributed by atoms with Crippen molar-refractivity contribution in [2.75, 3.05) is 24.5 Å². The van der Waals surface area contributed by atoms with Gasteiger partial charge < -0.3 is 24.5 Å². The first kappa shape index (κ1) is 54.1. The van der Waals surface area contributed by atoms with Gasteiger partial charge in [0.25, 0.3) is 6.71 Å². The van der Waals surface area contributed by atoms with Crippen molar-refractivity contribution in [3.8, 4) is 0 Å². The van der Waals surface area contributed by atoms with Gasteiger partial charge in [0.2, 0.25) is 0 Å². The largest absolute Gasteiger partial charge is 0.311 e. The Morgan fingerprint density at radius 2 is 0.545 bits per heavy atom. The fourth-order valence-corrected chi connectivity index (χ4v) is 13.4. The molecule has 13 aromatic carbocycles. The van der Waals surface area contributed by atoms with E-state index in [2.05, 4.69) is 369 Å². The molecule has 0 bridgehead atoms. The van der Waals surface area contributed by atoms with E-state index in [0.29, 0.717) is 0 Å². The highest BCUT2D eigenvalue weighted by atomic mass is 15.2. The summed E-state index contributed by atoms with van der Waals surface area (Å²) in [6, 6.07) is 113. The fraction of sp³-hybridized carbons (Fsp3) is 0.0976. The van der Waals surface area contributed by atoms with E-state index in [1.807, 2.05) is 0 Å². The van der Waals surface area contributed by atoms with Crippen LogP contribution in [0.4, 0.5) is 85.3 Å². The van der Waals surface area contributed by atoms with Crippen molar-refractivity contribution in [1.29, 1.82) is 0 Å². The zero-order valence-electron chi connectivity index (χ0n) is 50.7. The van der Waals surface area contributed by atoms with Gasteiger partial charge in [-0.1, -0.05) is 211 Å². The molecule has 2 aliphatic rings. The van der Waals surface area contributed by atoms with Gasteiger partial charge in [0.15, 0.2) is 0 Å². The third-order valence-corrected chi connectivity index (χ3v) is 17.8. The molecule has 424 valence electrons. The average Bonchev–Trinajstić information content (AvgIpc) is 0.722. The molecular formula is C82H68BN5. The van der Waals surface area contributed by atoms with Gasteiger partial charge in [-0.3, -0.25) is 0 Å². The number of rotatable bonds is 11. The van der Waals surface area contributed by atoms with Gasteiger partial charge in [0.1, 0.15) is 0 Å². The average molecular weight is 1130 g/mol. The van der Waals surface area contributed by atoms with Crippen molar-refractivity contribution < 1.29 is 0 Å². The van der Waals surface area contributed by atoms with Crippen LogP contribution in [0.5, 0.6) is 0 Å². The van der Waals surface area contributed by atoms with Crippen LogP contribution in [0.2, 0.25) is 0 Å². The van der Waals surface area contributed by atoms with Crippen LogP contribution in [0.15, 0.2) is 303 Å². The van der Waals surface area contributed by atoms with Crippen molar-refractivity contribution in [1.82, 2.24) is 0 Å². The summed E-state index contributed by atoms with van der Waals surface area (Å²) in [5, 5.41) is 4.75. The molecule has 6 heteroatoms. The molecule has 0 N–H and O–H groups in total. The minimum Gasteiger partial charge on any atom is -0.311 e. The first-order valence-electron chi connectivity index (χ1n) is 30.8. The SMILES string of the molecule is CC(C)(C)c1ccc(N2c3cc(N(c4ccccc4)c4ccccc4)ccc3B3c4ccc(N(c5ccccc5)c5ccccc5)cc4N(c4ccc(C(C)(C)C)cc4)c4cc(N(c5ccc6ccccc6c5)c5ccc6ccccc6c5)cc2c43)cc1. The Kier molecular flexibility index (Phi) is 13.4. The summed E-state index contributed by atoms with van der Waals surface area (Å²) in [5.41, 5.74) is 22.4. The number of anilines is 15.